The minimum Gasteiger partial charge on any atom is -0.495 e. The molecule has 0 aromatic heterocycles. The van der Waals surface area contributed by atoms with Gasteiger partial charge in [-0.25, -0.2) is 8.42 Å². The smallest absolute Gasteiger partial charge is 0.324 e. The van der Waals surface area contributed by atoms with E-state index in [1.54, 1.807) is 0 Å². The van der Waals surface area contributed by atoms with E-state index in [4.69, 9.17) is 21.4 Å². The van der Waals surface area contributed by atoms with E-state index in [1.165, 1.54) is 37.4 Å². The van der Waals surface area contributed by atoms with Gasteiger partial charge in [0.1, 0.15) is 12.3 Å². The summed E-state index contributed by atoms with van der Waals surface area (Å²) in [6, 6.07) is 8.53. The van der Waals surface area contributed by atoms with Gasteiger partial charge in [-0.15, -0.1) is 0 Å². The molecule has 26 heavy (non-hydrogen) atoms. The molecule has 0 unspecified atom stereocenters. The molecular formula is C15H13ClN2O7S. The molecular weight excluding hydrogens is 388 g/mol. The van der Waals surface area contributed by atoms with Gasteiger partial charge in [0.15, 0.2) is 4.90 Å². The molecule has 0 saturated heterocycles. The predicted molar refractivity (Wildman–Crippen MR) is 93.3 cm³/mol. The largest absolute Gasteiger partial charge is 0.495 e. The molecule has 2 aromatic carbocycles. The van der Waals surface area contributed by atoms with E-state index >= 15 is 0 Å². The van der Waals surface area contributed by atoms with Gasteiger partial charge in [-0.05, 0) is 24.3 Å². The van der Waals surface area contributed by atoms with Crippen molar-refractivity contribution in [1.82, 2.24) is 0 Å². The summed E-state index contributed by atoms with van der Waals surface area (Å²) in [6.07, 6.45) is 0. The average molecular weight is 401 g/mol. The SMILES string of the molecule is COc1ccc(N(CC(=O)O)S(=O)(=O)c2ccccc2[N+](=O)[O-])cc1Cl. The number of aliphatic carboxylic acids is 1. The fourth-order valence-corrected chi connectivity index (χ4v) is 4.01. The van der Waals surface area contributed by atoms with Crippen LogP contribution in [0.25, 0.3) is 0 Å². The van der Waals surface area contributed by atoms with Crippen LogP contribution in [0.4, 0.5) is 11.4 Å². The summed E-state index contributed by atoms with van der Waals surface area (Å²) in [5.41, 5.74) is -0.737. The molecule has 2 rings (SSSR count). The number of para-hydroxylation sites is 1. The number of nitro benzene ring substituents is 1. The number of sulfonamides is 1. The number of anilines is 1. The van der Waals surface area contributed by atoms with Gasteiger partial charge in [-0.2, -0.15) is 0 Å². The van der Waals surface area contributed by atoms with Gasteiger partial charge >= 0.3 is 5.97 Å². The first kappa shape index (κ1) is 19.5. The highest BCUT2D eigenvalue weighted by molar-refractivity contribution is 7.93. The Kier molecular flexibility index (Phi) is 5.68. The molecule has 0 aliphatic heterocycles. The zero-order valence-electron chi connectivity index (χ0n) is 13.3. The molecule has 0 aliphatic rings. The molecule has 2 aromatic rings. The van der Waals surface area contributed by atoms with Crippen LogP contribution < -0.4 is 9.04 Å². The molecule has 0 amide bonds. The maximum atomic E-state index is 12.9. The molecule has 0 fully saturated rings. The van der Waals surface area contributed by atoms with Crippen LogP contribution in [0.3, 0.4) is 0 Å². The fourth-order valence-electron chi connectivity index (χ4n) is 2.19. The van der Waals surface area contributed by atoms with E-state index in [1.807, 2.05) is 0 Å². The highest BCUT2D eigenvalue weighted by Gasteiger charge is 2.33. The van der Waals surface area contributed by atoms with Crippen LogP contribution in [0, 0.1) is 10.1 Å². The summed E-state index contributed by atoms with van der Waals surface area (Å²) in [4.78, 5) is 20.9. The number of nitrogens with zero attached hydrogens (tertiary/aromatic N) is 2. The number of nitro groups is 1. The summed E-state index contributed by atoms with van der Waals surface area (Å²) in [7, 11) is -3.19. The lowest BCUT2D eigenvalue weighted by molar-refractivity contribution is -0.387. The van der Waals surface area contributed by atoms with Gasteiger partial charge in [-0.3, -0.25) is 19.2 Å². The maximum Gasteiger partial charge on any atom is 0.324 e. The minimum atomic E-state index is -4.55. The van der Waals surface area contributed by atoms with Crippen molar-refractivity contribution in [3.05, 3.63) is 57.6 Å². The van der Waals surface area contributed by atoms with Crippen molar-refractivity contribution in [3.8, 4) is 5.75 Å². The Morgan fingerprint density at radius 2 is 1.96 bits per heavy atom. The van der Waals surface area contributed by atoms with Crippen molar-refractivity contribution >= 4 is 39.0 Å². The van der Waals surface area contributed by atoms with Crippen molar-refractivity contribution in [2.75, 3.05) is 18.0 Å². The number of methoxy groups -OCH3 is 1. The van der Waals surface area contributed by atoms with Crippen LogP contribution in [0.2, 0.25) is 5.02 Å². The fraction of sp³-hybridized carbons (Fsp3) is 0.133. The quantitative estimate of drug-likeness (QED) is 0.558. The second-order valence-electron chi connectivity index (χ2n) is 4.95. The first-order valence-corrected chi connectivity index (χ1v) is 8.81. The van der Waals surface area contributed by atoms with Crippen LogP contribution in [-0.2, 0) is 14.8 Å². The molecule has 0 heterocycles. The van der Waals surface area contributed by atoms with Gasteiger partial charge in [0.2, 0.25) is 0 Å². The van der Waals surface area contributed by atoms with Crippen molar-refractivity contribution in [2.24, 2.45) is 0 Å². The molecule has 0 spiro atoms. The Balaban J connectivity index is 2.65. The third-order valence-electron chi connectivity index (χ3n) is 3.33. The summed E-state index contributed by atoms with van der Waals surface area (Å²) in [5, 5.41) is 20.3. The van der Waals surface area contributed by atoms with Crippen molar-refractivity contribution in [3.63, 3.8) is 0 Å². The number of hydrogen-bond acceptors (Lipinski definition) is 6. The topological polar surface area (TPSA) is 127 Å². The Labute approximate surface area is 153 Å². The number of benzene rings is 2. The second kappa shape index (κ2) is 7.58. The highest BCUT2D eigenvalue weighted by atomic mass is 35.5. The average Bonchev–Trinajstić information content (AvgIpc) is 2.59. The highest BCUT2D eigenvalue weighted by Crippen LogP contribution is 2.33. The third kappa shape index (κ3) is 3.86. The lowest BCUT2D eigenvalue weighted by Crippen LogP contribution is -2.36. The Bertz CT molecular complexity index is 962. The van der Waals surface area contributed by atoms with E-state index in [0.29, 0.717) is 4.31 Å². The first-order chi connectivity index (χ1) is 12.2. The second-order valence-corrected chi connectivity index (χ2v) is 7.19. The van der Waals surface area contributed by atoms with Gasteiger partial charge in [-0.1, -0.05) is 23.7 Å². The Morgan fingerprint density at radius 1 is 1.31 bits per heavy atom. The number of hydrogen-bond donors (Lipinski definition) is 1. The normalized spacial score (nSPS) is 11.0. The van der Waals surface area contributed by atoms with Crippen molar-refractivity contribution in [1.29, 1.82) is 0 Å². The standard InChI is InChI=1S/C15H13ClN2O7S/c1-25-13-7-6-10(8-11(13)16)17(9-15(19)20)26(23,24)14-5-3-2-4-12(14)18(21)22/h2-8H,9H2,1H3,(H,19,20). The predicted octanol–water partition coefficient (Wildman–Crippen LogP) is 2.54. The van der Waals surface area contributed by atoms with Crippen LogP contribution >= 0.6 is 11.6 Å². The molecule has 0 saturated carbocycles. The Hall–Kier alpha value is -2.85. The van der Waals surface area contributed by atoms with Crippen molar-refractivity contribution in [2.45, 2.75) is 4.90 Å². The summed E-state index contributed by atoms with van der Waals surface area (Å²) >= 11 is 5.99. The van der Waals surface area contributed by atoms with Gasteiger partial charge < -0.3 is 9.84 Å². The lowest BCUT2D eigenvalue weighted by atomic mass is 10.3. The summed E-state index contributed by atoms with van der Waals surface area (Å²) < 4.78 is 31.4. The number of ether oxygens (including phenoxy) is 1. The van der Waals surface area contributed by atoms with E-state index in [9.17, 15) is 23.3 Å². The number of carboxylic acid groups (broad SMARTS) is 1. The number of halogens is 1. The van der Waals surface area contributed by atoms with Crippen LogP contribution in [0.15, 0.2) is 47.4 Å². The lowest BCUT2D eigenvalue weighted by Gasteiger charge is -2.23. The molecule has 0 atom stereocenters. The summed E-state index contributed by atoms with van der Waals surface area (Å²) in [5.74, 6) is -1.19. The number of rotatable bonds is 7. The summed E-state index contributed by atoms with van der Waals surface area (Å²) in [6.45, 7) is -0.947. The van der Waals surface area contributed by atoms with Gasteiger partial charge in [0, 0.05) is 6.07 Å². The van der Waals surface area contributed by atoms with Gasteiger partial charge in [0.05, 0.1) is 22.7 Å². The molecule has 138 valence electrons. The van der Waals surface area contributed by atoms with Crippen LogP contribution in [-0.4, -0.2) is 38.1 Å². The zero-order valence-corrected chi connectivity index (χ0v) is 14.9. The molecule has 0 bridgehead atoms. The molecule has 0 radical (unpaired) electrons. The zero-order chi connectivity index (χ0) is 19.5. The number of carbonyl (C=O) groups is 1. The van der Waals surface area contributed by atoms with Crippen LogP contribution in [0.1, 0.15) is 0 Å². The van der Waals surface area contributed by atoms with E-state index in [0.717, 1.165) is 12.1 Å². The van der Waals surface area contributed by atoms with E-state index < -0.39 is 38.0 Å². The van der Waals surface area contributed by atoms with E-state index in [2.05, 4.69) is 0 Å². The minimum absolute atomic E-state index is 0.0538. The molecule has 9 nitrogen and oxygen atoms in total. The van der Waals surface area contributed by atoms with Gasteiger partial charge in [0.25, 0.3) is 15.7 Å². The Morgan fingerprint density at radius 3 is 2.50 bits per heavy atom. The number of carboxylic acids is 1. The maximum absolute atomic E-state index is 12.9. The van der Waals surface area contributed by atoms with Crippen LogP contribution in [0.5, 0.6) is 5.75 Å². The third-order valence-corrected chi connectivity index (χ3v) is 5.45. The van der Waals surface area contributed by atoms with E-state index in [-0.39, 0.29) is 16.5 Å². The first-order valence-electron chi connectivity index (χ1n) is 7.00. The molecule has 0 aliphatic carbocycles. The monoisotopic (exact) mass is 400 g/mol. The molecule has 1 N–H and O–H groups in total. The molecule has 11 heteroatoms. The van der Waals surface area contributed by atoms with Crippen molar-refractivity contribution < 1.29 is 28.0 Å².